The maximum atomic E-state index is 13.3. The number of carbonyl (C=O) groups is 3. The average Bonchev–Trinajstić information content (AvgIpc) is 4.11. The topological polar surface area (TPSA) is 170 Å². The Morgan fingerprint density at radius 1 is 0.557 bits per heavy atom. The molecule has 6 heterocycles. The molecule has 3 aromatic heterocycles. The molecule has 352 valence electrons. The van der Waals surface area contributed by atoms with Gasteiger partial charge in [0.15, 0.2) is 0 Å². The normalized spacial score (nSPS) is 13.2. The van der Waals surface area contributed by atoms with Crippen molar-refractivity contribution >= 4 is 70.6 Å². The summed E-state index contributed by atoms with van der Waals surface area (Å²) >= 11 is 0. The fourth-order valence-electron chi connectivity index (χ4n) is 7.76. The summed E-state index contributed by atoms with van der Waals surface area (Å²) in [5.74, 6) is 0.00466. The Bertz CT molecular complexity index is 3220. The molecule has 3 aliphatic heterocycles. The largest absolute Gasteiger partial charge is 0.491 e. The lowest BCUT2D eigenvalue weighted by atomic mass is 10.1. The van der Waals surface area contributed by atoms with Gasteiger partial charge >= 0.3 is 11.9 Å². The standard InChI is InChI=1S/C22H18FN3O.C18H18N2O3.C15H11FN2O2/c1-15-7-8-17-13-20(22(27)24-14-16-5-3-2-4-6-16)25-21(17)26(15)19-11-9-18(23)10-12-19;1-11(2)23-15-8-6-14(7-9-15)20-12(3)4-5-13-10-16(18(21)22)19-17(13)20;1-9-2-3-10-8-13(15(19)20)17-14(10)18(9)12-6-4-11(16)5-7-12/h2-13,25H,1,14H2,(H,24,27);4-11,19H,3H2,1-2H3,(H,21,22);2-8,17H,1H2,(H,19,20). The molecule has 1 amide bonds. The van der Waals surface area contributed by atoms with Crippen LogP contribution in [-0.4, -0.2) is 49.1 Å². The molecule has 0 spiro atoms. The number of hydrogen-bond donors (Lipinski definition) is 6. The van der Waals surface area contributed by atoms with Crippen molar-refractivity contribution in [2.75, 3.05) is 14.7 Å². The average molecular weight is 940 g/mol. The van der Waals surface area contributed by atoms with Crippen LogP contribution < -0.4 is 24.8 Å². The van der Waals surface area contributed by atoms with Gasteiger partial charge in [0.1, 0.15) is 51.9 Å². The number of aromatic carboxylic acids is 2. The number of aromatic nitrogens is 3. The van der Waals surface area contributed by atoms with Crippen molar-refractivity contribution in [3.8, 4) is 5.75 Å². The summed E-state index contributed by atoms with van der Waals surface area (Å²) in [7, 11) is 0. The molecule has 15 heteroatoms. The van der Waals surface area contributed by atoms with Crippen LogP contribution in [0.25, 0.3) is 18.2 Å². The lowest BCUT2D eigenvalue weighted by Crippen LogP contribution is -2.23. The Morgan fingerprint density at radius 3 is 1.31 bits per heavy atom. The van der Waals surface area contributed by atoms with Crippen molar-refractivity contribution in [3.63, 3.8) is 0 Å². The highest BCUT2D eigenvalue weighted by Gasteiger charge is 2.25. The lowest BCUT2D eigenvalue weighted by molar-refractivity contribution is 0.0680. The van der Waals surface area contributed by atoms with E-state index in [2.05, 4.69) is 40.0 Å². The van der Waals surface area contributed by atoms with Gasteiger partial charge in [0.05, 0.1) is 6.10 Å². The third kappa shape index (κ3) is 10.4. The number of amides is 1. The Hall–Kier alpha value is -9.37. The zero-order valence-corrected chi connectivity index (χ0v) is 38.0. The number of carboxylic acids is 2. The molecule has 13 nitrogen and oxygen atoms in total. The number of benzene rings is 4. The molecule has 6 N–H and O–H groups in total. The third-order valence-electron chi connectivity index (χ3n) is 11.0. The van der Waals surface area contributed by atoms with Crippen LogP contribution in [0.4, 0.5) is 43.3 Å². The predicted molar refractivity (Wildman–Crippen MR) is 270 cm³/mol. The molecule has 7 aromatic rings. The summed E-state index contributed by atoms with van der Waals surface area (Å²) in [5, 5.41) is 21.1. The van der Waals surface area contributed by atoms with E-state index >= 15 is 0 Å². The van der Waals surface area contributed by atoms with E-state index < -0.39 is 11.9 Å². The molecule has 0 aliphatic carbocycles. The van der Waals surface area contributed by atoms with Gasteiger partial charge in [-0.3, -0.25) is 19.5 Å². The second kappa shape index (κ2) is 20.2. The van der Waals surface area contributed by atoms with Crippen LogP contribution >= 0.6 is 0 Å². The van der Waals surface area contributed by atoms with E-state index in [0.717, 1.165) is 56.6 Å². The highest BCUT2D eigenvalue weighted by Crippen LogP contribution is 2.39. The number of hydrogen-bond acceptors (Lipinski definition) is 7. The second-order valence-corrected chi connectivity index (χ2v) is 16.3. The summed E-state index contributed by atoms with van der Waals surface area (Å²) in [6, 6.07) is 34.4. The fraction of sp³-hybridized carbons (Fsp3) is 0.0727. The van der Waals surface area contributed by atoms with E-state index in [4.69, 9.17) is 14.9 Å². The van der Waals surface area contributed by atoms with Crippen LogP contribution in [0.3, 0.4) is 0 Å². The number of rotatable bonds is 10. The molecule has 70 heavy (non-hydrogen) atoms. The number of H-pyrrole nitrogens is 3. The van der Waals surface area contributed by atoms with E-state index in [1.165, 1.54) is 24.3 Å². The van der Waals surface area contributed by atoms with Crippen LogP contribution in [0.1, 0.15) is 67.6 Å². The second-order valence-electron chi connectivity index (χ2n) is 16.3. The maximum absolute atomic E-state index is 13.3. The van der Waals surface area contributed by atoms with Crippen molar-refractivity contribution in [2.45, 2.75) is 26.5 Å². The summed E-state index contributed by atoms with van der Waals surface area (Å²) < 4.78 is 31.9. The number of halogens is 2. The van der Waals surface area contributed by atoms with Gasteiger partial charge in [0.2, 0.25) is 0 Å². The number of ether oxygens (including phenoxy) is 1. The third-order valence-corrected chi connectivity index (χ3v) is 11.0. The van der Waals surface area contributed by atoms with E-state index in [1.807, 2.05) is 103 Å². The minimum atomic E-state index is -1.03. The molecule has 0 unspecified atom stereocenters. The molecule has 3 aliphatic rings. The van der Waals surface area contributed by atoms with Crippen LogP contribution in [0.2, 0.25) is 0 Å². The van der Waals surface area contributed by atoms with E-state index in [1.54, 1.807) is 59.5 Å². The van der Waals surface area contributed by atoms with Crippen molar-refractivity contribution in [2.24, 2.45) is 0 Å². The number of allylic oxidation sites excluding steroid dienone is 3. The Kier molecular flexibility index (Phi) is 13.6. The minimum absolute atomic E-state index is 0.0986. The number of nitrogens with zero attached hydrogens (tertiary/aromatic N) is 3. The maximum Gasteiger partial charge on any atom is 0.352 e. The number of nitrogens with one attached hydrogen (secondary N) is 4. The predicted octanol–water partition coefficient (Wildman–Crippen LogP) is 12.5. The molecule has 0 fully saturated rings. The molecular weight excluding hydrogens is 893 g/mol. The molecule has 4 aromatic carbocycles. The Labute approximate surface area is 402 Å². The van der Waals surface area contributed by atoms with E-state index in [-0.39, 0.29) is 35.0 Å². The highest BCUT2D eigenvalue weighted by atomic mass is 19.1. The van der Waals surface area contributed by atoms with Crippen molar-refractivity contribution in [3.05, 3.63) is 227 Å². The molecule has 0 radical (unpaired) electrons. The highest BCUT2D eigenvalue weighted by molar-refractivity contribution is 5.96. The molecule has 0 atom stereocenters. The van der Waals surface area contributed by atoms with Gasteiger partial charge in [-0.1, -0.05) is 50.1 Å². The van der Waals surface area contributed by atoms with Crippen molar-refractivity contribution in [1.82, 2.24) is 20.3 Å². The molecule has 10 rings (SSSR count). The summed E-state index contributed by atoms with van der Waals surface area (Å²) in [6.45, 7) is 16.4. The van der Waals surface area contributed by atoms with Crippen LogP contribution in [0.5, 0.6) is 5.75 Å². The van der Waals surface area contributed by atoms with Gasteiger partial charge < -0.3 is 35.2 Å². The zero-order chi connectivity index (χ0) is 49.6. The van der Waals surface area contributed by atoms with Gasteiger partial charge in [0, 0.05) is 57.4 Å². The van der Waals surface area contributed by atoms with Crippen molar-refractivity contribution in [1.29, 1.82) is 0 Å². The molecule has 0 saturated heterocycles. The van der Waals surface area contributed by atoms with Gasteiger partial charge in [0.25, 0.3) is 5.91 Å². The van der Waals surface area contributed by atoms with Crippen LogP contribution in [0.15, 0.2) is 176 Å². The summed E-state index contributed by atoms with van der Waals surface area (Å²) in [6.07, 6.45) is 11.2. The van der Waals surface area contributed by atoms with Gasteiger partial charge in [-0.2, -0.15) is 0 Å². The number of aromatic amines is 3. The zero-order valence-electron chi connectivity index (χ0n) is 38.0. The number of carboxylic acid groups (broad SMARTS) is 2. The fourth-order valence-corrected chi connectivity index (χ4v) is 7.76. The SMILES string of the molecule is C=C1C=Cc2cc(C(=O)NCc3ccccc3)[nH]c2N1c1ccc(F)cc1.C=C1C=Cc2cc(C(=O)O)[nH]c2N1c1ccc(F)cc1.C=C1C=Cc2cc(C(=O)O)[nH]c2N1c1ccc(OC(C)C)cc1. The number of fused-ring (bicyclic) bond motifs is 3. The Morgan fingerprint density at radius 2 is 0.929 bits per heavy atom. The molecule has 0 bridgehead atoms. The monoisotopic (exact) mass is 939 g/mol. The van der Waals surface area contributed by atoms with E-state index in [0.29, 0.717) is 35.3 Å². The first-order valence-electron chi connectivity index (χ1n) is 21.9. The first-order chi connectivity index (χ1) is 33.6. The number of anilines is 6. The summed E-state index contributed by atoms with van der Waals surface area (Å²) in [5.41, 5.74) is 8.70. The lowest BCUT2D eigenvalue weighted by Gasteiger charge is -2.27. The molecular formula is C55H47F2N7O6. The minimum Gasteiger partial charge on any atom is -0.491 e. The molecule has 0 saturated carbocycles. The van der Waals surface area contributed by atoms with Crippen LogP contribution in [-0.2, 0) is 6.54 Å². The smallest absolute Gasteiger partial charge is 0.352 e. The van der Waals surface area contributed by atoms with Gasteiger partial charge in [-0.15, -0.1) is 0 Å². The summed E-state index contributed by atoms with van der Waals surface area (Å²) in [4.78, 5) is 49.2. The number of carbonyl (C=O) groups excluding carboxylic acids is 1. The van der Waals surface area contributed by atoms with Gasteiger partial charge in [-0.05, 0) is 147 Å². The van der Waals surface area contributed by atoms with Gasteiger partial charge in [-0.25, -0.2) is 18.4 Å². The Balaban J connectivity index is 0.000000143. The van der Waals surface area contributed by atoms with E-state index in [9.17, 15) is 23.2 Å². The van der Waals surface area contributed by atoms with Crippen molar-refractivity contribution < 1.29 is 38.1 Å². The quantitative estimate of drug-likeness (QED) is 0.0781. The first kappa shape index (κ1) is 47.1. The van der Waals surface area contributed by atoms with Crippen LogP contribution in [0, 0.1) is 11.6 Å². The first-order valence-corrected chi connectivity index (χ1v) is 21.9.